The lowest BCUT2D eigenvalue weighted by molar-refractivity contribution is 0.0914. The molecule has 100 valence electrons. The van der Waals surface area contributed by atoms with Gasteiger partial charge in [0.1, 0.15) is 9.71 Å². The maximum absolute atomic E-state index is 12.3. The van der Waals surface area contributed by atoms with E-state index >= 15 is 0 Å². The van der Waals surface area contributed by atoms with Crippen molar-refractivity contribution in [2.75, 3.05) is 5.73 Å². The normalized spacial score (nSPS) is 17.1. The predicted molar refractivity (Wildman–Crippen MR) is 76.1 cm³/mol. The van der Waals surface area contributed by atoms with Gasteiger partial charge in [-0.2, -0.15) is 5.10 Å². The Balaban J connectivity index is 1.82. The number of rotatable bonds is 3. The van der Waals surface area contributed by atoms with Crippen LogP contribution in [0.4, 0.5) is 5.69 Å². The molecule has 0 bridgehead atoms. The fourth-order valence-electron chi connectivity index (χ4n) is 2.37. The van der Waals surface area contributed by atoms with Gasteiger partial charge in [-0.3, -0.25) is 4.79 Å². The molecule has 1 amide bonds. The summed E-state index contributed by atoms with van der Waals surface area (Å²) in [6.07, 6.45) is 5.26. The fourth-order valence-corrected chi connectivity index (χ4v) is 3.31. The van der Waals surface area contributed by atoms with Gasteiger partial charge in [-0.1, -0.05) is 6.42 Å². The van der Waals surface area contributed by atoms with Crippen molar-refractivity contribution < 1.29 is 4.79 Å². The van der Waals surface area contributed by atoms with Crippen LogP contribution in [0.1, 0.15) is 35.9 Å². The molecule has 0 saturated heterocycles. The Kier molecular flexibility index (Phi) is 3.10. The van der Waals surface area contributed by atoms with Crippen LogP contribution in [0.5, 0.6) is 0 Å². The van der Waals surface area contributed by atoms with Crippen LogP contribution in [0, 0.1) is 5.92 Å². The van der Waals surface area contributed by atoms with Gasteiger partial charge in [0, 0.05) is 11.4 Å². The molecule has 3 rings (SSSR count). The molecule has 3 N–H and O–H groups in total. The topological polar surface area (TPSA) is 80.9 Å². The molecule has 5 nitrogen and oxygen atoms in total. The lowest BCUT2D eigenvalue weighted by Crippen LogP contribution is -2.40. The van der Waals surface area contributed by atoms with Crippen LogP contribution in [0.3, 0.4) is 0 Å². The molecule has 1 saturated carbocycles. The predicted octanol–water partition coefficient (Wildman–Crippen LogP) is 2.19. The molecule has 0 radical (unpaired) electrons. The molecule has 1 unspecified atom stereocenters. The molecule has 1 atom stereocenters. The minimum absolute atomic E-state index is 0.0973. The third-order valence-electron chi connectivity index (χ3n) is 3.84. The Hall–Kier alpha value is -1.69. The van der Waals surface area contributed by atoms with E-state index in [-0.39, 0.29) is 11.9 Å². The Morgan fingerprint density at radius 3 is 3.00 bits per heavy atom. The first-order chi connectivity index (χ1) is 9.16. The second-order valence-electron chi connectivity index (χ2n) is 5.05. The molecule has 19 heavy (non-hydrogen) atoms. The summed E-state index contributed by atoms with van der Waals surface area (Å²) in [7, 11) is 0. The third kappa shape index (κ3) is 2.16. The number of nitrogens with zero attached hydrogens (tertiary/aromatic N) is 2. The van der Waals surface area contributed by atoms with Crippen molar-refractivity contribution >= 4 is 33.1 Å². The summed E-state index contributed by atoms with van der Waals surface area (Å²) < 4.78 is 0. The van der Waals surface area contributed by atoms with Gasteiger partial charge in [-0.05, 0) is 31.7 Å². The average molecular weight is 276 g/mol. The Bertz CT molecular complexity index is 620. The van der Waals surface area contributed by atoms with E-state index in [2.05, 4.69) is 22.4 Å². The molecular weight excluding hydrogens is 260 g/mol. The number of nitrogens with one attached hydrogen (secondary N) is 1. The molecule has 0 aromatic carbocycles. The summed E-state index contributed by atoms with van der Waals surface area (Å²) in [5.74, 6) is 0.513. The van der Waals surface area contributed by atoms with Gasteiger partial charge in [-0.25, -0.2) is 0 Å². The fraction of sp³-hybridized carbons (Fsp3) is 0.462. The van der Waals surface area contributed by atoms with E-state index in [4.69, 9.17) is 5.73 Å². The third-order valence-corrected chi connectivity index (χ3v) is 4.95. The largest absolute Gasteiger partial charge is 0.397 e. The van der Waals surface area contributed by atoms with E-state index in [0.717, 1.165) is 5.39 Å². The Morgan fingerprint density at radius 1 is 1.58 bits per heavy atom. The number of carbonyl (C=O) groups excluding carboxylic acids is 1. The summed E-state index contributed by atoms with van der Waals surface area (Å²) >= 11 is 1.30. The molecule has 2 aromatic rings. The minimum Gasteiger partial charge on any atom is -0.397 e. The minimum atomic E-state index is -0.0973. The van der Waals surface area contributed by atoms with Crippen molar-refractivity contribution in [1.82, 2.24) is 15.5 Å². The van der Waals surface area contributed by atoms with Crippen LogP contribution in [0.2, 0.25) is 0 Å². The van der Waals surface area contributed by atoms with Gasteiger partial charge in [0.15, 0.2) is 0 Å². The van der Waals surface area contributed by atoms with Crippen LogP contribution in [0.25, 0.3) is 10.2 Å². The summed E-state index contributed by atoms with van der Waals surface area (Å²) in [5, 5.41) is 11.7. The summed E-state index contributed by atoms with van der Waals surface area (Å²) in [6.45, 7) is 2.06. The highest BCUT2D eigenvalue weighted by Gasteiger charge is 2.26. The molecular formula is C13H16N4OS. The van der Waals surface area contributed by atoms with Crippen LogP contribution < -0.4 is 11.1 Å². The molecule has 1 aliphatic carbocycles. The van der Waals surface area contributed by atoms with Gasteiger partial charge in [0.2, 0.25) is 0 Å². The van der Waals surface area contributed by atoms with Crippen molar-refractivity contribution in [1.29, 1.82) is 0 Å². The number of thiophene rings is 1. The van der Waals surface area contributed by atoms with Crippen molar-refractivity contribution in [3.05, 3.63) is 17.1 Å². The average Bonchev–Trinajstić information content (AvgIpc) is 2.65. The summed E-state index contributed by atoms with van der Waals surface area (Å²) in [5.41, 5.74) is 6.53. The lowest BCUT2D eigenvalue weighted by atomic mass is 9.80. The van der Waals surface area contributed by atoms with Crippen molar-refractivity contribution in [3.8, 4) is 0 Å². The summed E-state index contributed by atoms with van der Waals surface area (Å²) in [6, 6.07) is 2.00. The van der Waals surface area contributed by atoms with Gasteiger partial charge >= 0.3 is 0 Å². The second kappa shape index (κ2) is 4.77. The number of carbonyl (C=O) groups is 1. The van der Waals surface area contributed by atoms with Gasteiger partial charge < -0.3 is 11.1 Å². The van der Waals surface area contributed by atoms with Crippen molar-refractivity contribution in [2.24, 2.45) is 5.92 Å². The first-order valence-corrected chi connectivity index (χ1v) is 7.29. The van der Waals surface area contributed by atoms with Crippen molar-refractivity contribution in [2.45, 2.75) is 32.2 Å². The maximum atomic E-state index is 12.3. The molecule has 2 heterocycles. The Morgan fingerprint density at radius 2 is 2.37 bits per heavy atom. The highest BCUT2D eigenvalue weighted by molar-refractivity contribution is 7.21. The van der Waals surface area contributed by atoms with Crippen molar-refractivity contribution in [3.63, 3.8) is 0 Å². The number of fused-ring (bicyclic) bond motifs is 1. The zero-order valence-corrected chi connectivity index (χ0v) is 11.5. The molecule has 1 aliphatic rings. The lowest BCUT2D eigenvalue weighted by Gasteiger charge is -2.31. The van der Waals surface area contributed by atoms with E-state index in [1.165, 1.54) is 30.6 Å². The number of nitrogens with two attached hydrogens (primary N) is 1. The van der Waals surface area contributed by atoms with E-state index < -0.39 is 0 Å². The van der Waals surface area contributed by atoms with E-state index in [1.54, 1.807) is 12.3 Å². The highest BCUT2D eigenvalue weighted by Crippen LogP contribution is 2.33. The van der Waals surface area contributed by atoms with Crippen LogP contribution in [-0.2, 0) is 0 Å². The number of aromatic nitrogens is 2. The number of amides is 1. The van der Waals surface area contributed by atoms with E-state index in [0.29, 0.717) is 21.3 Å². The van der Waals surface area contributed by atoms with E-state index in [9.17, 15) is 4.79 Å². The number of hydrogen-bond acceptors (Lipinski definition) is 5. The molecule has 1 fully saturated rings. The van der Waals surface area contributed by atoms with Gasteiger partial charge in [0.05, 0.1) is 11.9 Å². The van der Waals surface area contributed by atoms with Gasteiger partial charge in [0.25, 0.3) is 5.91 Å². The van der Waals surface area contributed by atoms with Gasteiger partial charge in [-0.15, -0.1) is 16.4 Å². The van der Waals surface area contributed by atoms with Crippen LogP contribution >= 0.6 is 11.3 Å². The zero-order chi connectivity index (χ0) is 13.4. The Labute approximate surface area is 115 Å². The number of hydrogen-bond donors (Lipinski definition) is 2. The second-order valence-corrected chi connectivity index (χ2v) is 6.05. The standard InChI is InChI=1S/C13H16N4OS/c1-7(8-3-2-4-8)16-12(18)11-10(14)9-5-6-15-17-13(9)19-11/h5-8H,2-4,14H2,1H3,(H,16,18). The highest BCUT2D eigenvalue weighted by atomic mass is 32.1. The first kappa shape index (κ1) is 12.3. The molecule has 0 spiro atoms. The quantitative estimate of drug-likeness (QED) is 0.900. The SMILES string of the molecule is CC(NC(=O)c1sc2nnccc2c1N)C1CCC1. The van der Waals surface area contributed by atoms with Crippen LogP contribution in [0.15, 0.2) is 12.3 Å². The smallest absolute Gasteiger partial charge is 0.263 e. The monoisotopic (exact) mass is 276 g/mol. The van der Waals surface area contributed by atoms with E-state index in [1.807, 2.05) is 0 Å². The molecule has 6 heteroatoms. The summed E-state index contributed by atoms with van der Waals surface area (Å²) in [4.78, 5) is 13.5. The number of anilines is 1. The molecule has 0 aliphatic heterocycles. The maximum Gasteiger partial charge on any atom is 0.263 e. The van der Waals surface area contributed by atoms with Crippen LogP contribution in [-0.4, -0.2) is 22.1 Å². The number of nitrogen functional groups attached to an aromatic ring is 1. The molecule has 2 aromatic heterocycles. The zero-order valence-electron chi connectivity index (χ0n) is 10.7. The first-order valence-electron chi connectivity index (χ1n) is 6.47.